The molecule has 0 atom stereocenters. The number of nitrogens with two attached hydrogens (primary N) is 1. The van der Waals surface area contributed by atoms with Crippen LogP contribution in [0, 0.1) is 0 Å². The molecule has 6 heteroatoms. The van der Waals surface area contributed by atoms with Crippen LogP contribution in [0.25, 0.3) is 0 Å². The first kappa shape index (κ1) is 18.5. The van der Waals surface area contributed by atoms with E-state index in [1.54, 1.807) is 13.2 Å². The van der Waals surface area contributed by atoms with Gasteiger partial charge in [0, 0.05) is 24.5 Å². The molecule has 2 rings (SSSR count). The predicted octanol–water partition coefficient (Wildman–Crippen LogP) is 3.17. The highest BCUT2D eigenvalue weighted by atomic mass is 35.5. The van der Waals surface area contributed by atoms with E-state index in [0.717, 1.165) is 17.7 Å². The normalized spacial score (nSPS) is 9.91. The highest BCUT2D eigenvalue weighted by Gasteiger charge is 2.18. The van der Waals surface area contributed by atoms with Crippen molar-refractivity contribution in [3.05, 3.63) is 52.2 Å². The molecule has 0 radical (unpaired) electrons. The molecule has 0 fully saturated rings. The lowest BCUT2D eigenvalue weighted by Crippen LogP contribution is -2.32. The molecular formula is C16H21ClN2O2S. The molecule has 0 unspecified atom stereocenters. The van der Waals surface area contributed by atoms with Crippen molar-refractivity contribution < 1.29 is 9.53 Å². The zero-order chi connectivity index (χ0) is 15.1. The summed E-state index contributed by atoms with van der Waals surface area (Å²) in [6.07, 6.45) is 0.793. The Hall–Kier alpha value is -1.56. The number of halogens is 1. The van der Waals surface area contributed by atoms with Gasteiger partial charge in [0.05, 0.1) is 12.0 Å². The molecule has 0 aliphatic rings. The van der Waals surface area contributed by atoms with Crippen molar-refractivity contribution >= 4 is 29.7 Å². The summed E-state index contributed by atoms with van der Waals surface area (Å²) in [6, 6.07) is 11.8. The number of benzene rings is 1. The maximum absolute atomic E-state index is 12.6. The molecule has 0 aliphatic carbocycles. The van der Waals surface area contributed by atoms with E-state index in [2.05, 4.69) is 0 Å². The lowest BCUT2D eigenvalue weighted by Gasteiger charge is -2.22. The third-order valence-corrected chi connectivity index (χ3v) is 4.05. The van der Waals surface area contributed by atoms with Gasteiger partial charge in [-0.25, -0.2) is 0 Å². The fraction of sp³-hybridized carbons (Fsp3) is 0.312. The molecule has 22 heavy (non-hydrogen) atoms. The van der Waals surface area contributed by atoms with Gasteiger partial charge in [-0.05, 0) is 18.5 Å². The Balaban J connectivity index is 0.00000242. The summed E-state index contributed by atoms with van der Waals surface area (Å²) in [7, 11) is 1.60. The summed E-state index contributed by atoms with van der Waals surface area (Å²) >= 11 is 1.41. The van der Waals surface area contributed by atoms with Gasteiger partial charge in [0.15, 0.2) is 0 Å². The summed E-state index contributed by atoms with van der Waals surface area (Å²) in [4.78, 5) is 15.2. The average Bonchev–Trinajstić information content (AvgIpc) is 3.00. The van der Waals surface area contributed by atoms with Crippen LogP contribution in [0.5, 0.6) is 5.75 Å². The zero-order valence-electron chi connectivity index (χ0n) is 12.5. The third-order valence-electron chi connectivity index (χ3n) is 3.16. The summed E-state index contributed by atoms with van der Waals surface area (Å²) in [5, 5.41) is 1.84. The van der Waals surface area contributed by atoms with Gasteiger partial charge in [0.2, 0.25) is 0 Å². The van der Waals surface area contributed by atoms with E-state index in [9.17, 15) is 4.79 Å². The van der Waals surface area contributed by atoms with Gasteiger partial charge in [0.25, 0.3) is 5.91 Å². The van der Waals surface area contributed by atoms with Crippen molar-refractivity contribution in [1.82, 2.24) is 4.90 Å². The van der Waals surface area contributed by atoms with Gasteiger partial charge in [-0.15, -0.1) is 23.7 Å². The predicted molar refractivity (Wildman–Crippen MR) is 93.0 cm³/mol. The first-order valence-electron chi connectivity index (χ1n) is 6.90. The lowest BCUT2D eigenvalue weighted by atomic mass is 10.2. The van der Waals surface area contributed by atoms with Crippen LogP contribution in [-0.2, 0) is 6.54 Å². The molecule has 1 aromatic heterocycles. The van der Waals surface area contributed by atoms with Gasteiger partial charge < -0.3 is 15.4 Å². The van der Waals surface area contributed by atoms with Gasteiger partial charge >= 0.3 is 0 Å². The van der Waals surface area contributed by atoms with E-state index in [0.29, 0.717) is 24.5 Å². The number of thiophene rings is 1. The minimum Gasteiger partial charge on any atom is -0.496 e. The maximum atomic E-state index is 12.6. The largest absolute Gasteiger partial charge is 0.496 e. The van der Waals surface area contributed by atoms with Crippen molar-refractivity contribution in [2.75, 3.05) is 20.2 Å². The molecule has 0 spiro atoms. The second kappa shape index (κ2) is 9.46. The van der Waals surface area contributed by atoms with Crippen LogP contribution in [0.4, 0.5) is 0 Å². The van der Waals surface area contributed by atoms with Gasteiger partial charge in [0.1, 0.15) is 5.75 Å². The summed E-state index contributed by atoms with van der Waals surface area (Å²) in [5.41, 5.74) is 6.70. The van der Waals surface area contributed by atoms with Gasteiger partial charge in [-0.1, -0.05) is 30.3 Å². The molecule has 2 aromatic rings. The molecule has 1 heterocycles. The molecule has 4 nitrogen and oxygen atoms in total. The van der Waals surface area contributed by atoms with Crippen LogP contribution in [0.1, 0.15) is 21.7 Å². The molecular weight excluding hydrogens is 320 g/mol. The minimum atomic E-state index is 0. The van der Waals surface area contributed by atoms with Crippen LogP contribution in [0.15, 0.2) is 41.8 Å². The van der Waals surface area contributed by atoms with E-state index in [1.165, 1.54) is 11.3 Å². The first-order valence-corrected chi connectivity index (χ1v) is 7.78. The Morgan fingerprint density at radius 3 is 2.64 bits per heavy atom. The van der Waals surface area contributed by atoms with Crippen molar-refractivity contribution in [3.63, 3.8) is 0 Å². The second-order valence-electron chi connectivity index (χ2n) is 4.71. The molecule has 0 aliphatic heterocycles. The monoisotopic (exact) mass is 340 g/mol. The van der Waals surface area contributed by atoms with Crippen molar-refractivity contribution in [1.29, 1.82) is 0 Å². The van der Waals surface area contributed by atoms with Gasteiger partial charge in [-0.3, -0.25) is 4.79 Å². The molecule has 0 saturated carbocycles. The fourth-order valence-electron chi connectivity index (χ4n) is 2.03. The number of hydrogen-bond acceptors (Lipinski definition) is 4. The van der Waals surface area contributed by atoms with Crippen molar-refractivity contribution in [3.8, 4) is 5.75 Å². The fourth-order valence-corrected chi connectivity index (χ4v) is 2.85. The van der Waals surface area contributed by atoms with Crippen molar-refractivity contribution in [2.45, 2.75) is 13.0 Å². The molecule has 120 valence electrons. The Morgan fingerprint density at radius 2 is 2.05 bits per heavy atom. The van der Waals surface area contributed by atoms with Crippen LogP contribution < -0.4 is 10.5 Å². The third kappa shape index (κ3) is 5.02. The quantitative estimate of drug-likeness (QED) is 0.842. The molecule has 1 amide bonds. The summed E-state index contributed by atoms with van der Waals surface area (Å²) < 4.78 is 5.14. The Kier molecular flexibility index (Phi) is 7.95. The Bertz CT molecular complexity index is 575. The van der Waals surface area contributed by atoms with E-state index in [4.69, 9.17) is 10.5 Å². The lowest BCUT2D eigenvalue weighted by molar-refractivity contribution is 0.0747. The van der Waals surface area contributed by atoms with E-state index < -0.39 is 0 Å². The summed E-state index contributed by atoms with van der Waals surface area (Å²) in [6.45, 7) is 1.83. The van der Waals surface area contributed by atoms with E-state index in [-0.39, 0.29) is 18.3 Å². The molecule has 0 saturated heterocycles. The maximum Gasteiger partial charge on any atom is 0.264 e. The number of ether oxygens (including phenoxy) is 1. The smallest absolute Gasteiger partial charge is 0.264 e. The van der Waals surface area contributed by atoms with E-state index >= 15 is 0 Å². The minimum absolute atomic E-state index is 0. The number of carbonyl (C=O) groups excluding carboxylic acids is 1. The topological polar surface area (TPSA) is 55.6 Å². The number of amides is 1. The van der Waals surface area contributed by atoms with Crippen LogP contribution in [0.2, 0.25) is 0 Å². The summed E-state index contributed by atoms with van der Waals surface area (Å²) in [5.74, 6) is 0.752. The first-order chi connectivity index (χ1) is 10.2. The van der Waals surface area contributed by atoms with Crippen LogP contribution in [-0.4, -0.2) is 31.0 Å². The highest BCUT2D eigenvalue weighted by molar-refractivity contribution is 7.12. The highest BCUT2D eigenvalue weighted by Crippen LogP contribution is 2.23. The SMILES string of the molecule is COc1csc(C(=O)N(CCCN)Cc2ccccc2)c1.Cl. The zero-order valence-corrected chi connectivity index (χ0v) is 14.2. The van der Waals surface area contributed by atoms with Crippen LogP contribution in [0.3, 0.4) is 0 Å². The van der Waals surface area contributed by atoms with E-state index in [1.807, 2.05) is 40.6 Å². The number of methoxy groups -OCH3 is 1. The molecule has 1 aromatic carbocycles. The number of carbonyl (C=O) groups is 1. The Labute approximate surface area is 141 Å². The molecule has 0 bridgehead atoms. The molecule has 2 N–H and O–H groups in total. The van der Waals surface area contributed by atoms with Crippen LogP contribution >= 0.6 is 23.7 Å². The Morgan fingerprint density at radius 1 is 1.32 bits per heavy atom. The second-order valence-corrected chi connectivity index (χ2v) is 5.62. The van der Waals surface area contributed by atoms with Gasteiger partial charge in [-0.2, -0.15) is 0 Å². The average molecular weight is 341 g/mol. The van der Waals surface area contributed by atoms with Crippen molar-refractivity contribution in [2.24, 2.45) is 5.73 Å². The standard InChI is InChI=1S/C16H20N2O2S.ClH/c1-20-14-10-15(21-12-14)16(19)18(9-5-8-17)11-13-6-3-2-4-7-13;/h2-4,6-7,10,12H,5,8-9,11,17H2,1H3;1H. The number of nitrogens with zero attached hydrogens (tertiary/aromatic N) is 1. The number of rotatable bonds is 7. The number of hydrogen-bond donors (Lipinski definition) is 1.